The van der Waals surface area contributed by atoms with Crippen molar-refractivity contribution < 1.29 is 32.9 Å². The maximum absolute atomic E-state index is 13.0. The van der Waals surface area contributed by atoms with Crippen molar-refractivity contribution in [3.05, 3.63) is 24.3 Å². The first kappa shape index (κ1) is 80.0. The lowest BCUT2D eigenvalue weighted by Gasteiger charge is -2.29. The van der Waals surface area contributed by atoms with Crippen LogP contribution in [-0.4, -0.2) is 68.5 Å². The van der Waals surface area contributed by atoms with Crippen LogP contribution in [0.1, 0.15) is 380 Å². The average Bonchev–Trinajstić information content (AvgIpc) is 3.43. The highest BCUT2D eigenvalue weighted by molar-refractivity contribution is 7.45. The Morgan fingerprint density at radius 2 is 0.691 bits per heavy atom. The fourth-order valence-electron chi connectivity index (χ4n) is 11.3. The summed E-state index contributed by atoms with van der Waals surface area (Å²) in [6.45, 7) is 4.70. The molecule has 2 N–H and O–H groups in total. The number of hydrogen-bond donors (Lipinski definition) is 2. The molecule has 0 saturated heterocycles. The van der Waals surface area contributed by atoms with E-state index in [0.29, 0.717) is 17.4 Å². The molecular formula is C72H143N2O6P. The molecule has 0 fully saturated rings. The molecule has 1 amide bonds. The number of nitrogens with one attached hydrogen (secondary N) is 1. The number of aliphatic hydroxyl groups is 1. The highest BCUT2D eigenvalue weighted by Crippen LogP contribution is 2.38. The first-order valence-corrected chi connectivity index (χ1v) is 37.7. The van der Waals surface area contributed by atoms with Crippen LogP contribution >= 0.6 is 7.82 Å². The van der Waals surface area contributed by atoms with Gasteiger partial charge in [0.1, 0.15) is 13.2 Å². The minimum Gasteiger partial charge on any atom is -0.756 e. The van der Waals surface area contributed by atoms with Gasteiger partial charge in [0.2, 0.25) is 5.91 Å². The Morgan fingerprint density at radius 1 is 0.420 bits per heavy atom. The molecule has 0 bridgehead atoms. The van der Waals surface area contributed by atoms with Gasteiger partial charge < -0.3 is 28.8 Å². The van der Waals surface area contributed by atoms with Crippen molar-refractivity contribution in [3.63, 3.8) is 0 Å². The van der Waals surface area contributed by atoms with Crippen LogP contribution in [0.3, 0.4) is 0 Å². The molecule has 3 unspecified atom stereocenters. The van der Waals surface area contributed by atoms with Crippen molar-refractivity contribution in [2.45, 2.75) is 392 Å². The van der Waals surface area contributed by atoms with Gasteiger partial charge in [-0.15, -0.1) is 0 Å². The smallest absolute Gasteiger partial charge is 0.268 e. The van der Waals surface area contributed by atoms with Gasteiger partial charge in [0.05, 0.1) is 39.9 Å². The molecule has 0 aliphatic rings. The Bertz CT molecular complexity index is 1370. The fourth-order valence-corrected chi connectivity index (χ4v) is 12.0. The lowest BCUT2D eigenvalue weighted by Crippen LogP contribution is -2.45. The molecule has 0 heterocycles. The van der Waals surface area contributed by atoms with Crippen molar-refractivity contribution in [1.82, 2.24) is 5.32 Å². The number of carbonyl (C=O) groups excluding carboxylic acids is 1. The number of likely N-dealkylation sites (N-methyl/N-ethyl adjacent to an activating group) is 1. The predicted octanol–water partition coefficient (Wildman–Crippen LogP) is 22.4. The molecule has 9 heteroatoms. The monoisotopic (exact) mass is 1160 g/mol. The largest absolute Gasteiger partial charge is 0.756 e. The van der Waals surface area contributed by atoms with E-state index >= 15 is 0 Å². The quantitative estimate of drug-likeness (QED) is 0.0272. The molecule has 3 atom stereocenters. The van der Waals surface area contributed by atoms with Crippen molar-refractivity contribution in [1.29, 1.82) is 0 Å². The average molecular weight is 1160 g/mol. The Kier molecular flexibility index (Phi) is 62.7. The van der Waals surface area contributed by atoms with Gasteiger partial charge in [-0.3, -0.25) is 9.36 Å². The summed E-state index contributed by atoms with van der Waals surface area (Å²) in [5.41, 5.74) is 0. The first-order chi connectivity index (χ1) is 39.5. The van der Waals surface area contributed by atoms with Crippen LogP contribution in [-0.2, 0) is 18.4 Å². The molecule has 81 heavy (non-hydrogen) atoms. The lowest BCUT2D eigenvalue weighted by atomic mass is 10.0. The maximum Gasteiger partial charge on any atom is 0.268 e. The highest BCUT2D eigenvalue weighted by Gasteiger charge is 2.23. The molecule has 0 aliphatic carbocycles. The van der Waals surface area contributed by atoms with Gasteiger partial charge in [0.25, 0.3) is 7.82 Å². The zero-order valence-electron chi connectivity index (χ0n) is 55.3. The number of hydrogen-bond acceptors (Lipinski definition) is 6. The molecular weight excluding hydrogens is 1020 g/mol. The number of nitrogens with zero attached hydrogens (tertiary/aromatic N) is 1. The molecule has 0 aliphatic heterocycles. The second-order valence-corrected chi connectivity index (χ2v) is 27.7. The third kappa shape index (κ3) is 66.4. The number of quaternary nitrogens is 1. The summed E-state index contributed by atoms with van der Waals surface area (Å²) in [4.78, 5) is 25.6. The second kappa shape index (κ2) is 63.5. The van der Waals surface area contributed by atoms with E-state index in [9.17, 15) is 19.4 Å². The standard InChI is InChI=1S/C72H143N2O6P/c1-6-8-10-12-14-16-18-20-22-24-26-28-30-32-34-36-37-38-40-42-44-46-48-50-52-54-56-58-60-62-64-66-72(76)73-70(69-80-81(77,78)79-68-67-74(3,4)5)71(75)65-63-61-59-57-55-53-51-49-47-45-43-41-39-35-33-31-29-27-25-23-21-19-17-15-13-11-9-7-2/h55,57,63,65,70-71,75H,6-54,56,58-62,64,66-69H2,1-5H3,(H-,73,76,77,78)/b57-55+,65-63+. The Labute approximate surface area is 506 Å². The summed E-state index contributed by atoms with van der Waals surface area (Å²) in [5.74, 6) is -0.198. The van der Waals surface area contributed by atoms with E-state index in [1.807, 2.05) is 27.2 Å². The molecule has 0 radical (unpaired) electrons. The van der Waals surface area contributed by atoms with Crippen LogP contribution in [0.4, 0.5) is 0 Å². The number of phosphoric acid groups is 1. The van der Waals surface area contributed by atoms with Crippen LogP contribution in [0.15, 0.2) is 24.3 Å². The number of carbonyl (C=O) groups is 1. The van der Waals surface area contributed by atoms with E-state index in [1.54, 1.807) is 6.08 Å². The lowest BCUT2D eigenvalue weighted by molar-refractivity contribution is -0.870. The molecule has 0 aromatic carbocycles. The predicted molar refractivity (Wildman–Crippen MR) is 353 cm³/mol. The minimum absolute atomic E-state index is 0.00336. The zero-order valence-corrected chi connectivity index (χ0v) is 56.2. The summed E-state index contributed by atoms with van der Waals surface area (Å²) < 4.78 is 23.5. The van der Waals surface area contributed by atoms with E-state index in [4.69, 9.17) is 9.05 Å². The Balaban J connectivity index is 4.04. The Morgan fingerprint density at radius 3 is 1.00 bits per heavy atom. The highest BCUT2D eigenvalue weighted by atomic mass is 31.2. The van der Waals surface area contributed by atoms with Gasteiger partial charge in [-0.05, 0) is 32.1 Å². The van der Waals surface area contributed by atoms with Crippen molar-refractivity contribution >= 4 is 13.7 Å². The number of amides is 1. The van der Waals surface area contributed by atoms with E-state index in [1.165, 1.54) is 321 Å². The number of phosphoric ester groups is 1. The van der Waals surface area contributed by atoms with Gasteiger partial charge in [-0.1, -0.05) is 366 Å². The number of aliphatic hydroxyl groups excluding tert-OH is 1. The Hall–Kier alpha value is -1.02. The van der Waals surface area contributed by atoms with Crippen molar-refractivity contribution in [3.8, 4) is 0 Å². The SMILES string of the molecule is CCCCCCCCCCCCCCCCCCCCCCCC/C=C/CC/C=C/C(O)C(COP(=O)([O-])OCC[N+](C)(C)C)NC(=O)CCCCCCCCCCCCCCCCCCCCCCCCCCCCCCCCC. The van der Waals surface area contributed by atoms with Gasteiger partial charge in [0, 0.05) is 6.42 Å². The minimum atomic E-state index is -4.61. The van der Waals surface area contributed by atoms with Crippen molar-refractivity contribution in [2.24, 2.45) is 0 Å². The third-order valence-corrected chi connectivity index (χ3v) is 17.9. The third-order valence-electron chi connectivity index (χ3n) is 16.9. The number of unbranched alkanes of at least 4 members (excludes halogenated alkanes) is 53. The fraction of sp³-hybridized carbons (Fsp3) is 0.931. The molecule has 0 rings (SSSR count). The van der Waals surface area contributed by atoms with E-state index in [2.05, 4.69) is 31.3 Å². The van der Waals surface area contributed by atoms with E-state index in [0.717, 1.165) is 38.5 Å². The summed E-state index contributed by atoms with van der Waals surface area (Å²) >= 11 is 0. The van der Waals surface area contributed by atoms with Gasteiger partial charge in [0.15, 0.2) is 0 Å². The summed E-state index contributed by atoms with van der Waals surface area (Å²) in [6, 6.07) is -0.902. The van der Waals surface area contributed by atoms with E-state index in [-0.39, 0.29) is 19.1 Å². The van der Waals surface area contributed by atoms with Gasteiger partial charge in [-0.2, -0.15) is 0 Å². The topological polar surface area (TPSA) is 108 Å². The summed E-state index contributed by atoms with van der Waals surface area (Å²) in [6.07, 6.45) is 83.2. The zero-order chi connectivity index (χ0) is 59.1. The molecule has 0 spiro atoms. The maximum atomic E-state index is 13.0. The van der Waals surface area contributed by atoms with Gasteiger partial charge >= 0.3 is 0 Å². The number of allylic oxidation sites excluding steroid dienone is 3. The van der Waals surface area contributed by atoms with Gasteiger partial charge in [-0.25, -0.2) is 0 Å². The second-order valence-electron chi connectivity index (χ2n) is 26.3. The molecule has 8 nitrogen and oxygen atoms in total. The number of rotatable bonds is 68. The van der Waals surface area contributed by atoms with Crippen LogP contribution < -0.4 is 10.2 Å². The molecule has 482 valence electrons. The summed E-state index contributed by atoms with van der Waals surface area (Å²) in [5, 5.41) is 14.0. The van der Waals surface area contributed by atoms with Crippen LogP contribution in [0, 0.1) is 0 Å². The van der Waals surface area contributed by atoms with Crippen LogP contribution in [0.25, 0.3) is 0 Å². The summed E-state index contributed by atoms with van der Waals surface area (Å²) in [7, 11) is 1.26. The molecule has 0 aromatic heterocycles. The van der Waals surface area contributed by atoms with Crippen molar-refractivity contribution in [2.75, 3.05) is 40.9 Å². The van der Waals surface area contributed by atoms with Crippen LogP contribution in [0.2, 0.25) is 0 Å². The molecule has 0 aromatic rings. The van der Waals surface area contributed by atoms with Crippen LogP contribution in [0.5, 0.6) is 0 Å². The van der Waals surface area contributed by atoms with E-state index < -0.39 is 20.0 Å². The first-order valence-electron chi connectivity index (χ1n) is 36.2. The normalized spacial score (nSPS) is 13.7. The molecule has 0 saturated carbocycles.